The smallest absolute Gasteiger partial charge is 0.295 e. The van der Waals surface area contributed by atoms with Crippen LogP contribution in [0.15, 0.2) is 47.5 Å². The van der Waals surface area contributed by atoms with Gasteiger partial charge < -0.3 is 14.7 Å². The van der Waals surface area contributed by atoms with Gasteiger partial charge in [-0.25, -0.2) is 4.98 Å². The number of fused-ring (bicyclic) bond motifs is 1. The van der Waals surface area contributed by atoms with E-state index in [-0.39, 0.29) is 11.3 Å². The average Bonchev–Trinajstić information content (AvgIpc) is 3.52. The van der Waals surface area contributed by atoms with Gasteiger partial charge >= 0.3 is 0 Å². The fourth-order valence-corrected chi connectivity index (χ4v) is 5.51. The van der Waals surface area contributed by atoms with Crippen LogP contribution in [0.4, 0.5) is 0 Å². The minimum atomic E-state index is -0.650. The number of imidazole rings is 1. The summed E-state index contributed by atoms with van der Waals surface area (Å²) in [7, 11) is 0. The van der Waals surface area contributed by atoms with Crippen LogP contribution in [0.25, 0.3) is 11.4 Å². The lowest BCUT2D eigenvalue weighted by Crippen LogP contribution is -2.38. The van der Waals surface area contributed by atoms with E-state index in [9.17, 15) is 14.7 Å². The minimum absolute atomic E-state index is 0.127. The summed E-state index contributed by atoms with van der Waals surface area (Å²) in [6.45, 7) is 6.25. The van der Waals surface area contributed by atoms with E-state index in [0.717, 1.165) is 44.1 Å². The zero-order chi connectivity index (χ0) is 22.9. The zero-order valence-electron chi connectivity index (χ0n) is 18.4. The molecule has 0 aromatic carbocycles. The van der Waals surface area contributed by atoms with Gasteiger partial charge in [-0.3, -0.25) is 18.9 Å². The second-order valence-corrected chi connectivity index (χ2v) is 9.27. The number of morpholine rings is 1. The topological polar surface area (TPSA) is 87.4 Å². The lowest BCUT2D eigenvalue weighted by molar-refractivity contribution is -0.140. The molecule has 5 heterocycles. The van der Waals surface area contributed by atoms with Gasteiger partial charge in [0.2, 0.25) is 0 Å². The Kier molecular flexibility index (Phi) is 6.01. The van der Waals surface area contributed by atoms with E-state index in [1.807, 2.05) is 35.7 Å². The van der Waals surface area contributed by atoms with E-state index in [1.165, 1.54) is 11.3 Å². The summed E-state index contributed by atoms with van der Waals surface area (Å²) < 4.78 is 7.15. The molecule has 2 fully saturated rings. The van der Waals surface area contributed by atoms with Gasteiger partial charge in [0.25, 0.3) is 11.7 Å². The van der Waals surface area contributed by atoms with Crippen LogP contribution >= 0.6 is 11.3 Å². The van der Waals surface area contributed by atoms with Crippen LogP contribution in [0.5, 0.6) is 0 Å². The van der Waals surface area contributed by atoms with Crippen molar-refractivity contribution in [3.05, 3.63) is 63.7 Å². The number of pyridine rings is 1. The first-order valence-electron chi connectivity index (χ1n) is 11.1. The molecule has 1 amide bonds. The highest BCUT2D eigenvalue weighted by molar-refractivity contribution is 7.10. The largest absolute Gasteiger partial charge is 0.505 e. The summed E-state index contributed by atoms with van der Waals surface area (Å²) in [6.07, 6.45) is 2.53. The number of rotatable bonds is 6. The number of hydrogen-bond acceptors (Lipinski definition) is 7. The van der Waals surface area contributed by atoms with Crippen LogP contribution in [-0.4, -0.2) is 75.4 Å². The minimum Gasteiger partial charge on any atom is -0.505 e. The van der Waals surface area contributed by atoms with Gasteiger partial charge in [0.05, 0.1) is 30.5 Å². The summed E-state index contributed by atoms with van der Waals surface area (Å²) >= 11 is 1.48. The van der Waals surface area contributed by atoms with E-state index in [0.29, 0.717) is 23.6 Å². The van der Waals surface area contributed by atoms with Crippen molar-refractivity contribution in [2.75, 3.05) is 39.4 Å². The molecule has 2 aliphatic rings. The molecule has 1 N–H and O–H groups in total. The Hall–Kier alpha value is -3.01. The molecular weight excluding hydrogens is 440 g/mol. The Bertz CT molecular complexity index is 1210. The van der Waals surface area contributed by atoms with Crippen molar-refractivity contribution in [2.45, 2.75) is 19.4 Å². The number of likely N-dealkylation sites (tertiary alicyclic amines) is 1. The molecule has 3 aromatic heterocycles. The molecule has 8 nitrogen and oxygen atoms in total. The molecular formula is C24H26N4O4S. The second kappa shape index (κ2) is 9.09. The number of ketones is 1. The fraction of sp³-hybridized carbons (Fsp3) is 0.375. The molecule has 0 saturated carbocycles. The van der Waals surface area contributed by atoms with Crippen molar-refractivity contribution in [3.63, 3.8) is 0 Å². The van der Waals surface area contributed by atoms with E-state index in [1.54, 1.807) is 22.4 Å². The Morgan fingerprint density at radius 1 is 1.18 bits per heavy atom. The number of aryl methyl sites for hydroxylation is 1. The van der Waals surface area contributed by atoms with Crippen LogP contribution in [0, 0.1) is 6.92 Å². The molecule has 0 spiro atoms. The first kappa shape index (κ1) is 21.8. The number of amides is 1. The van der Waals surface area contributed by atoms with Crippen molar-refractivity contribution in [1.29, 1.82) is 0 Å². The number of thiophene rings is 1. The van der Waals surface area contributed by atoms with Gasteiger partial charge in [0.1, 0.15) is 11.3 Å². The number of nitrogens with zero attached hydrogens (tertiary/aromatic N) is 4. The number of hydrogen-bond donors (Lipinski definition) is 1. The zero-order valence-corrected chi connectivity index (χ0v) is 19.3. The van der Waals surface area contributed by atoms with E-state index in [4.69, 9.17) is 4.74 Å². The third-order valence-electron chi connectivity index (χ3n) is 6.26. The summed E-state index contributed by atoms with van der Waals surface area (Å²) in [5.41, 5.74) is 1.84. The summed E-state index contributed by atoms with van der Waals surface area (Å²) in [6, 6.07) is 8.74. The molecule has 5 rings (SSSR count). The molecule has 2 aliphatic heterocycles. The third kappa shape index (κ3) is 3.96. The molecule has 1 unspecified atom stereocenters. The van der Waals surface area contributed by atoms with Crippen molar-refractivity contribution in [3.8, 4) is 0 Å². The standard InChI is InChI=1S/C24H26N4O4S/c1-16-20(27-9-3-2-7-18(27)25-16)22(29)19-21(17-6-4-15-33-17)28(24(31)23(19)30)10-5-8-26-11-13-32-14-12-26/h2-4,6-7,9,15,21,29H,5,8,10-14H2,1H3. The Balaban J connectivity index is 1.51. The predicted octanol–water partition coefficient (Wildman–Crippen LogP) is 2.85. The van der Waals surface area contributed by atoms with Crippen LogP contribution in [0.2, 0.25) is 0 Å². The van der Waals surface area contributed by atoms with Crippen molar-refractivity contribution >= 4 is 34.4 Å². The molecule has 3 aromatic rings. The molecule has 172 valence electrons. The summed E-state index contributed by atoms with van der Waals surface area (Å²) in [5.74, 6) is -1.40. The van der Waals surface area contributed by atoms with Crippen LogP contribution in [-0.2, 0) is 14.3 Å². The number of aliphatic hydroxyl groups is 1. The number of carbonyl (C=O) groups excluding carboxylic acids is 2. The van der Waals surface area contributed by atoms with Crippen LogP contribution in [0.1, 0.15) is 28.7 Å². The Morgan fingerprint density at radius 3 is 2.76 bits per heavy atom. The van der Waals surface area contributed by atoms with Gasteiger partial charge in [0.15, 0.2) is 5.76 Å². The Labute approximate surface area is 195 Å². The van der Waals surface area contributed by atoms with Crippen molar-refractivity contribution < 1.29 is 19.4 Å². The first-order valence-corrected chi connectivity index (χ1v) is 12.0. The number of Topliss-reactive ketones (excluding diaryl/α,β-unsaturated/α-hetero) is 1. The highest BCUT2D eigenvalue weighted by Crippen LogP contribution is 2.41. The molecule has 2 saturated heterocycles. The van der Waals surface area contributed by atoms with E-state index >= 15 is 0 Å². The van der Waals surface area contributed by atoms with E-state index < -0.39 is 17.7 Å². The van der Waals surface area contributed by atoms with Gasteiger partial charge in [-0.15, -0.1) is 11.3 Å². The maximum atomic E-state index is 13.2. The fourth-order valence-electron chi connectivity index (χ4n) is 4.67. The molecule has 0 aliphatic carbocycles. The first-order chi connectivity index (χ1) is 16.1. The quantitative estimate of drug-likeness (QED) is 0.342. The van der Waals surface area contributed by atoms with Gasteiger partial charge in [-0.2, -0.15) is 0 Å². The lowest BCUT2D eigenvalue weighted by Gasteiger charge is -2.28. The SMILES string of the molecule is Cc1nc2ccccn2c1C(O)=C1C(=O)C(=O)N(CCCN2CCOCC2)C1c1cccs1. The molecule has 1 atom stereocenters. The molecule has 9 heteroatoms. The monoisotopic (exact) mass is 466 g/mol. The van der Waals surface area contributed by atoms with Gasteiger partial charge in [-0.05, 0) is 36.9 Å². The molecule has 0 bridgehead atoms. The van der Waals surface area contributed by atoms with Crippen LogP contribution < -0.4 is 0 Å². The van der Waals surface area contributed by atoms with Crippen molar-refractivity contribution in [1.82, 2.24) is 19.2 Å². The summed E-state index contributed by atoms with van der Waals surface area (Å²) in [5, 5.41) is 13.3. The average molecular weight is 467 g/mol. The van der Waals surface area contributed by atoms with E-state index in [2.05, 4.69) is 9.88 Å². The lowest BCUT2D eigenvalue weighted by atomic mass is 10.0. The van der Waals surface area contributed by atoms with Gasteiger partial charge in [-0.1, -0.05) is 12.1 Å². The highest BCUT2D eigenvalue weighted by Gasteiger charge is 2.46. The number of carbonyl (C=O) groups is 2. The Morgan fingerprint density at radius 2 is 2.00 bits per heavy atom. The normalized spacial score (nSPS) is 21.4. The summed E-state index contributed by atoms with van der Waals surface area (Å²) in [4.78, 5) is 35.6. The maximum Gasteiger partial charge on any atom is 0.295 e. The maximum absolute atomic E-state index is 13.2. The van der Waals surface area contributed by atoms with Gasteiger partial charge in [0, 0.05) is 37.3 Å². The number of aliphatic hydroxyl groups excluding tert-OH is 1. The highest BCUT2D eigenvalue weighted by atomic mass is 32.1. The second-order valence-electron chi connectivity index (χ2n) is 8.29. The number of ether oxygens (including phenoxy) is 1. The van der Waals surface area contributed by atoms with Crippen molar-refractivity contribution in [2.24, 2.45) is 0 Å². The number of aromatic nitrogens is 2. The van der Waals surface area contributed by atoms with Crippen LogP contribution in [0.3, 0.4) is 0 Å². The molecule has 0 radical (unpaired) electrons. The molecule has 33 heavy (non-hydrogen) atoms. The third-order valence-corrected chi connectivity index (χ3v) is 7.18. The predicted molar refractivity (Wildman–Crippen MR) is 125 cm³/mol.